The molecule has 0 saturated carbocycles. The normalized spacial score (nSPS) is 13.2. The third kappa shape index (κ3) is 9.45. The Bertz CT molecular complexity index is 1060. The zero-order valence-electron chi connectivity index (χ0n) is 21.5. The molecule has 0 aliphatic carbocycles. The van der Waals surface area contributed by atoms with Crippen molar-refractivity contribution in [1.29, 1.82) is 0 Å². The molecule has 1 fully saturated rings. The third-order valence-electron chi connectivity index (χ3n) is 4.66. The molecule has 5 N–H and O–H groups in total. The van der Waals surface area contributed by atoms with Gasteiger partial charge in [0, 0.05) is 17.6 Å². The first-order chi connectivity index (χ1) is 18.2. The first kappa shape index (κ1) is 33.1. The molecule has 1 aromatic heterocycles. The van der Waals surface area contributed by atoms with Crippen LogP contribution in [0.25, 0.3) is 0 Å². The zero-order chi connectivity index (χ0) is 28.8. The van der Waals surface area contributed by atoms with Crippen LogP contribution in [0.15, 0.2) is 16.6 Å². The molecular weight excluding hydrogens is 592 g/mol. The Labute approximate surface area is 232 Å². The van der Waals surface area contributed by atoms with E-state index in [0.29, 0.717) is 37.8 Å². The number of benzene rings is 1. The number of hydrogen-bond donors (Lipinski definition) is 4. The van der Waals surface area contributed by atoms with Crippen LogP contribution in [0.2, 0.25) is 0 Å². The van der Waals surface area contributed by atoms with Crippen molar-refractivity contribution in [2.24, 2.45) is 5.73 Å². The minimum Gasteiger partial charge on any atom is -0.471 e. The van der Waals surface area contributed by atoms with Crippen LogP contribution in [-0.4, -0.2) is 71.2 Å². The van der Waals surface area contributed by atoms with Crippen molar-refractivity contribution in [3.05, 3.63) is 39.4 Å². The summed E-state index contributed by atoms with van der Waals surface area (Å²) in [5.74, 6) is -3.62. The summed E-state index contributed by atoms with van der Waals surface area (Å²) in [6, 6.07) is 1.25. The van der Waals surface area contributed by atoms with Gasteiger partial charge in [-0.3, -0.25) is 14.9 Å². The molecule has 1 aliphatic heterocycles. The number of rotatable bonds is 8. The summed E-state index contributed by atoms with van der Waals surface area (Å²) in [5, 5.41) is 14.6. The molecular formula is C23H32BrF2N5O6S. The number of hydrogen-bond acceptors (Lipinski definition) is 8. The van der Waals surface area contributed by atoms with Gasteiger partial charge in [-0.25, -0.2) is 13.6 Å². The van der Waals surface area contributed by atoms with Crippen LogP contribution < -0.4 is 21.1 Å². The van der Waals surface area contributed by atoms with Gasteiger partial charge in [-0.2, -0.15) is 4.37 Å². The highest BCUT2D eigenvalue weighted by Gasteiger charge is 2.26. The lowest BCUT2D eigenvalue weighted by Gasteiger charge is -2.28. The molecule has 15 heteroatoms. The van der Waals surface area contributed by atoms with Gasteiger partial charge in [-0.05, 0) is 23.7 Å². The number of anilines is 1. The molecule has 1 unspecified atom stereocenters. The lowest BCUT2D eigenvalue weighted by atomic mass is 10.2. The molecule has 212 valence electrons. The molecule has 2 aromatic rings. The van der Waals surface area contributed by atoms with Gasteiger partial charge in [0.2, 0.25) is 5.88 Å². The number of aliphatic hydroxyl groups excluding tert-OH is 1. The van der Waals surface area contributed by atoms with Gasteiger partial charge in [0.25, 0.3) is 11.8 Å². The van der Waals surface area contributed by atoms with Crippen molar-refractivity contribution in [2.75, 3.05) is 38.2 Å². The molecule has 1 saturated heterocycles. The predicted molar refractivity (Wildman–Crippen MR) is 142 cm³/mol. The highest BCUT2D eigenvalue weighted by Crippen LogP contribution is 2.31. The second-order valence-corrected chi connectivity index (χ2v) is 8.67. The lowest BCUT2D eigenvalue weighted by Crippen LogP contribution is -2.49. The van der Waals surface area contributed by atoms with Crippen molar-refractivity contribution in [3.8, 4) is 5.88 Å². The smallest absolute Gasteiger partial charge is 0.320 e. The predicted octanol–water partition coefficient (Wildman–Crippen LogP) is 3.26. The number of urea groups is 1. The van der Waals surface area contributed by atoms with Crippen molar-refractivity contribution in [2.45, 2.75) is 40.4 Å². The average molecular weight is 625 g/mol. The fourth-order valence-electron chi connectivity index (χ4n) is 2.95. The van der Waals surface area contributed by atoms with E-state index in [1.165, 1.54) is 4.90 Å². The van der Waals surface area contributed by atoms with Gasteiger partial charge >= 0.3 is 6.03 Å². The zero-order valence-corrected chi connectivity index (χ0v) is 23.9. The molecule has 2 heterocycles. The number of carbonyl (C=O) groups is 3. The number of halogens is 3. The van der Waals surface area contributed by atoms with Gasteiger partial charge in [-0.15, -0.1) is 0 Å². The van der Waals surface area contributed by atoms with Crippen LogP contribution in [0.4, 0.5) is 18.6 Å². The molecule has 11 nitrogen and oxygen atoms in total. The van der Waals surface area contributed by atoms with E-state index in [9.17, 15) is 28.3 Å². The standard InChI is InChI=1S/C19H20BrF2N5O6S.2C2H6/c20-9-5-11(21)10(12(22)6-9)8-33-16-14(15(23)29)17(34-26-16)25-19(31)24-7-13(28)18(30)27-1-3-32-4-2-27;2*1-2/h5-6,13,28H,1-4,7-8H2,(H2,23,29)(H2,24,25,31);2*1-2H3. The summed E-state index contributed by atoms with van der Waals surface area (Å²) >= 11 is 3.62. The van der Waals surface area contributed by atoms with Gasteiger partial charge in [-0.1, -0.05) is 43.6 Å². The van der Waals surface area contributed by atoms with E-state index >= 15 is 0 Å². The fraction of sp³-hybridized carbons (Fsp3) is 0.478. The molecule has 1 aromatic carbocycles. The van der Waals surface area contributed by atoms with Crippen molar-refractivity contribution < 1.29 is 37.7 Å². The molecule has 4 amide bonds. The highest BCUT2D eigenvalue weighted by atomic mass is 79.9. The van der Waals surface area contributed by atoms with E-state index < -0.39 is 54.3 Å². The van der Waals surface area contributed by atoms with Crippen LogP contribution in [-0.2, 0) is 16.1 Å². The van der Waals surface area contributed by atoms with Crippen molar-refractivity contribution >= 4 is 50.3 Å². The minimum absolute atomic E-state index is 0.0919. The Morgan fingerprint density at radius 1 is 1.21 bits per heavy atom. The fourth-order valence-corrected chi connectivity index (χ4v) is 4.08. The van der Waals surface area contributed by atoms with E-state index in [4.69, 9.17) is 15.2 Å². The summed E-state index contributed by atoms with van der Waals surface area (Å²) in [5.41, 5.74) is 4.66. The molecule has 3 rings (SSSR count). The SMILES string of the molecule is CC.CC.NC(=O)c1c(OCc2c(F)cc(Br)cc2F)nsc1NC(=O)NCC(O)C(=O)N1CCOCC1. The Balaban J connectivity index is 0.00000172. The maximum atomic E-state index is 14.0. The molecule has 1 atom stereocenters. The quantitative estimate of drug-likeness (QED) is 0.351. The summed E-state index contributed by atoms with van der Waals surface area (Å²) < 4.78 is 42.5. The summed E-state index contributed by atoms with van der Waals surface area (Å²) in [7, 11) is 0. The number of primary amides is 1. The number of nitrogens with two attached hydrogens (primary N) is 1. The average Bonchev–Trinajstić information content (AvgIpc) is 3.31. The number of aliphatic hydroxyl groups is 1. The molecule has 0 bridgehead atoms. The number of aromatic nitrogens is 1. The molecule has 38 heavy (non-hydrogen) atoms. The number of morpholine rings is 1. The molecule has 0 radical (unpaired) electrons. The second kappa shape index (κ2) is 16.9. The van der Waals surface area contributed by atoms with E-state index in [0.717, 1.165) is 12.1 Å². The first-order valence-corrected chi connectivity index (χ1v) is 13.4. The van der Waals surface area contributed by atoms with Gasteiger partial charge in [0.05, 0.1) is 25.3 Å². The summed E-state index contributed by atoms with van der Waals surface area (Å²) in [6.45, 7) is 8.41. The van der Waals surface area contributed by atoms with Gasteiger partial charge in [0.15, 0.2) is 0 Å². The van der Waals surface area contributed by atoms with Gasteiger partial charge in [0.1, 0.15) is 34.9 Å². The lowest BCUT2D eigenvalue weighted by molar-refractivity contribution is -0.143. The largest absolute Gasteiger partial charge is 0.471 e. The van der Waals surface area contributed by atoms with Crippen LogP contribution in [0.5, 0.6) is 5.88 Å². The number of ether oxygens (including phenoxy) is 2. The Hall–Kier alpha value is -2.88. The Morgan fingerprint density at radius 3 is 2.34 bits per heavy atom. The summed E-state index contributed by atoms with van der Waals surface area (Å²) in [4.78, 5) is 37.7. The number of nitrogens with one attached hydrogen (secondary N) is 2. The highest BCUT2D eigenvalue weighted by molar-refractivity contribution is 9.10. The van der Waals surface area contributed by atoms with E-state index in [1.807, 2.05) is 27.7 Å². The molecule has 1 aliphatic rings. The summed E-state index contributed by atoms with van der Waals surface area (Å²) in [6.07, 6.45) is -1.48. The topological polar surface area (TPSA) is 156 Å². The van der Waals surface area contributed by atoms with Crippen molar-refractivity contribution in [3.63, 3.8) is 0 Å². The van der Waals surface area contributed by atoms with E-state index in [1.54, 1.807) is 0 Å². The number of amides is 4. The van der Waals surface area contributed by atoms with Gasteiger partial charge < -0.3 is 30.5 Å². The van der Waals surface area contributed by atoms with Crippen molar-refractivity contribution in [1.82, 2.24) is 14.6 Å². The van der Waals surface area contributed by atoms with Crippen LogP contribution >= 0.6 is 27.5 Å². The molecule has 0 spiro atoms. The van der Waals surface area contributed by atoms with E-state index in [-0.39, 0.29) is 20.9 Å². The van der Waals surface area contributed by atoms with E-state index in [2.05, 4.69) is 30.9 Å². The van der Waals surface area contributed by atoms with Crippen LogP contribution in [0, 0.1) is 11.6 Å². The second-order valence-electron chi connectivity index (χ2n) is 6.98. The van der Waals surface area contributed by atoms with Crippen LogP contribution in [0.1, 0.15) is 43.6 Å². The monoisotopic (exact) mass is 623 g/mol. The first-order valence-electron chi connectivity index (χ1n) is 11.8. The maximum Gasteiger partial charge on any atom is 0.320 e. The third-order valence-corrected chi connectivity index (χ3v) is 5.86. The number of carbonyl (C=O) groups excluding carboxylic acids is 3. The minimum atomic E-state index is -1.48. The Morgan fingerprint density at radius 2 is 1.79 bits per heavy atom. The van der Waals surface area contributed by atoms with Crippen LogP contribution in [0.3, 0.4) is 0 Å². The number of nitrogens with zero attached hydrogens (tertiary/aromatic N) is 2. The Kier molecular flexibility index (Phi) is 14.7. The maximum absolute atomic E-state index is 14.0.